The number of hydrogen-bond acceptors (Lipinski definition) is 5. The highest BCUT2D eigenvalue weighted by Crippen LogP contribution is 2.31. The zero-order valence-electron chi connectivity index (χ0n) is 14.3. The van der Waals surface area contributed by atoms with Gasteiger partial charge in [-0.2, -0.15) is 0 Å². The number of likely N-dealkylation sites (N-methyl/N-ethyl adjacent to an activating group) is 1. The lowest BCUT2D eigenvalue weighted by atomic mass is 9.95. The predicted molar refractivity (Wildman–Crippen MR) is 88.5 cm³/mol. The molecule has 1 aliphatic rings. The van der Waals surface area contributed by atoms with Crippen LogP contribution in [0.25, 0.3) is 0 Å². The molecule has 1 aromatic carbocycles. The summed E-state index contributed by atoms with van der Waals surface area (Å²) in [5.41, 5.74) is 0.934. The van der Waals surface area contributed by atoms with Gasteiger partial charge in [-0.3, -0.25) is 9.59 Å². The van der Waals surface area contributed by atoms with Crippen molar-refractivity contribution in [2.75, 3.05) is 47.4 Å². The number of fused-ring (bicyclic) bond motifs is 1. The second kappa shape index (κ2) is 8.01. The predicted octanol–water partition coefficient (Wildman–Crippen LogP) is 0.721. The molecule has 0 bridgehead atoms. The van der Waals surface area contributed by atoms with E-state index < -0.39 is 5.97 Å². The summed E-state index contributed by atoms with van der Waals surface area (Å²) in [5.74, 6) is -0.134. The Hall–Kier alpha value is -2.28. The molecular weight excluding hydrogens is 312 g/mol. The topological polar surface area (TPSA) is 79.3 Å². The van der Waals surface area contributed by atoms with Crippen molar-refractivity contribution in [2.24, 2.45) is 5.92 Å². The Morgan fingerprint density at radius 3 is 2.71 bits per heavy atom. The van der Waals surface area contributed by atoms with Gasteiger partial charge in [-0.1, -0.05) is 6.07 Å². The summed E-state index contributed by atoms with van der Waals surface area (Å²) in [6.45, 7) is 0.945. The maximum absolute atomic E-state index is 12.7. The standard InChI is InChI=1S/C17H24N2O5/c1-18(2)6-7-19(10-16(20)21)17(22)13-8-12-4-5-14(23-3)9-15(12)24-11-13/h4-5,9,13H,6-8,10-11H2,1-3H3,(H,20,21)/t13-/m1/s1. The molecule has 2 rings (SSSR count). The van der Waals surface area contributed by atoms with Crippen LogP contribution in [0.2, 0.25) is 0 Å². The molecule has 0 radical (unpaired) electrons. The maximum Gasteiger partial charge on any atom is 0.323 e. The quantitative estimate of drug-likeness (QED) is 0.790. The molecule has 1 atom stereocenters. The molecule has 1 N–H and O–H groups in total. The summed E-state index contributed by atoms with van der Waals surface area (Å²) in [6, 6.07) is 5.52. The average Bonchev–Trinajstić information content (AvgIpc) is 2.56. The number of nitrogens with zero attached hydrogens (tertiary/aromatic N) is 2. The number of rotatable bonds is 7. The van der Waals surface area contributed by atoms with Crippen molar-refractivity contribution in [1.82, 2.24) is 9.80 Å². The molecule has 24 heavy (non-hydrogen) atoms. The number of benzene rings is 1. The first-order valence-electron chi connectivity index (χ1n) is 7.85. The third-order valence-corrected chi connectivity index (χ3v) is 3.98. The van der Waals surface area contributed by atoms with E-state index in [0.717, 1.165) is 11.3 Å². The van der Waals surface area contributed by atoms with Crippen LogP contribution in [0.4, 0.5) is 0 Å². The number of methoxy groups -OCH3 is 1. The second-order valence-electron chi connectivity index (χ2n) is 6.14. The summed E-state index contributed by atoms with van der Waals surface area (Å²) in [5, 5.41) is 9.06. The number of ether oxygens (including phenoxy) is 2. The van der Waals surface area contributed by atoms with E-state index in [1.165, 1.54) is 4.90 Å². The lowest BCUT2D eigenvalue weighted by Gasteiger charge is -2.30. The van der Waals surface area contributed by atoms with Crippen LogP contribution in [0.5, 0.6) is 11.5 Å². The summed E-state index contributed by atoms with van der Waals surface area (Å²) in [4.78, 5) is 27.1. The highest BCUT2D eigenvalue weighted by Gasteiger charge is 2.30. The molecule has 7 nitrogen and oxygen atoms in total. The Morgan fingerprint density at radius 2 is 2.08 bits per heavy atom. The summed E-state index contributed by atoms with van der Waals surface area (Å²) < 4.78 is 10.9. The highest BCUT2D eigenvalue weighted by molar-refractivity contribution is 5.83. The minimum Gasteiger partial charge on any atom is -0.497 e. The van der Waals surface area contributed by atoms with Crippen LogP contribution >= 0.6 is 0 Å². The number of carboxylic acids is 1. The molecule has 1 aliphatic heterocycles. The van der Waals surface area contributed by atoms with Crippen LogP contribution in [0, 0.1) is 5.92 Å². The molecule has 0 aromatic heterocycles. The minimum absolute atomic E-state index is 0.180. The zero-order chi connectivity index (χ0) is 17.7. The van der Waals surface area contributed by atoms with Crippen molar-refractivity contribution in [2.45, 2.75) is 6.42 Å². The maximum atomic E-state index is 12.7. The van der Waals surface area contributed by atoms with E-state index in [1.54, 1.807) is 13.2 Å². The van der Waals surface area contributed by atoms with Gasteiger partial charge in [0.05, 0.1) is 13.0 Å². The highest BCUT2D eigenvalue weighted by atomic mass is 16.5. The molecule has 1 aromatic rings. The van der Waals surface area contributed by atoms with Gasteiger partial charge in [0.25, 0.3) is 0 Å². The number of amides is 1. The largest absolute Gasteiger partial charge is 0.497 e. The number of aliphatic carboxylic acids is 1. The van der Waals surface area contributed by atoms with E-state index in [2.05, 4.69) is 0 Å². The molecule has 0 unspecified atom stereocenters. The number of carbonyl (C=O) groups is 2. The number of carbonyl (C=O) groups excluding carboxylic acids is 1. The molecule has 1 heterocycles. The smallest absolute Gasteiger partial charge is 0.323 e. The van der Waals surface area contributed by atoms with E-state index in [1.807, 2.05) is 31.1 Å². The van der Waals surface area contributed by atoms with Gasteiger partial charge >= 0.3 is 5.97 Å². The van der Waals surface area contributed by atoms with Crippen LogP contribution in [-0.4, -0.2) is 74.2 Å². The Kier molecular flexibility index (Phi) is 6.03. The van der Waals surface area contributed by atoms with Crippen molar-refractivity contribution in [1.29, 1.82) is 0 Å². The van der Waals surface area contributed by atoms with Gasteiger partial charge < -0.3 is 24.4 Å². The SMILES string of the molecule is COc1ccc2c(c1)OC[C@H](C(=O)N(CCN(C)C)CC(=O)O)C2. The molecular formula is C17H24N2O5. The molecule has 1 amide bonds. The summed E-state index contributed by atoms with van der Waals surface area (Å²) >= 11 is 0. The van der Waals surface area contributed by atoms with Gasteiger partial charge in [0.1, 0.15) is 24.7 Å². The average molecular weight is 336 g/mol. The molecule has 0 aliphatic carbocycles. The van der Waals surface area contributed by atoms with Crippen molar-refractivity contribution in [3.05, 3.63) is 23.8 Å². The lowest BCUT2D eigenvalue weighted by molar-refractivity contribution is -0.147. The molecule has 0 fully saturated rings. The Bertz CT molecular complexity index is 603. The van der Waals surface area contributed by atoms with Crippen LogP contribution in [-0.2, 0) is 16.0 Å². The first kappa shape index (κ1) is 18.1. The van der Waals surface area contributed by atoms with Crippen molar-refractivity contribution >= 4 is 11.9 Å². The summed E-state index contributed by atoms with van der Waals surface area (Å²) in [7, 11) is 5.36. The fourth-order valence-electron chi connectivity index (χ4n) is 2.65. The van der Waals surface area contributed by atoms with Crippen molar-refractivity contribution in [3.63, 3.8) is 0 Å². The van der Waals surface area contributed by atoms with Crippen molar-refractivity contribution in [3.8, 4) is 11.5 Å². The third kappa shape index (κ3) is 4.61. The molecule has 7 heteroatoms. The van der Waals surface area contributed by atoms with Gasteiger partial charge in [0.2, 0.25) is 5.91 Å². The third-order valence-electron chi connectivity index (χ3n) is 3.98. The number of carboxylic acid groups (broad SMARTS) is 1. The van der Waals surface area contributed by atoms with Gasteiger partial charge in [-0.15, -0.1) is 0 Å². The molecule has 0 saturated carbocycles. The van der Waals surface area contributed by atoms with Crippen LogP contribution in [0.15, 0.2) is 18.2 Å². The van der Waals surface area contributed by atoms with Gasteiger partial charge in [-0.25, -0.2) is 0 Å². The minimum atomic E-state index is -1.01. The van der Waals surface area contributed by atoms with E-state index in [9.17, 15) is 9.59 Å². The van der Waals surface area contributed by atoms with E-state index in [-0.39, 0.29) is 25.0 Å². The normalized spacial score (nSPS) is 16.2. The first-order chi connectivity index (χ1) is 11.4. The zero-order valence-corrected chi connectivity index (χ0v) is 14.3. The fourth-order valence-corrected chi connectivity index (χ4v) is 2.65. The van der Waals surface area contributed by atoms with Gasteiger partial charge in [0.15, 0.2) is 0 Å². The van der Waals surface area contributed by atoms with E-state index >= 15 is 0 Å². The molecule has 132 valence electrons. The van der Waals surface area contributed by atoms with Crippen LogP contribution in [0.1, 0.15) is 5.56 Å². The monoisotopic (exact) mass is 336 g/mol. The Labute approximate surface area is 141 Å². The van der Waals surface area contributed by atoms with Crippen LogP contribution in [0.3, 0.4) is 0 Å². The lowest BCUT2D eigenvalue weighted by Crippen LogP contribution is -2.45. The van der Waals surface area contributed by atoms with Crippen molar-refractivity contribution < 1.29 is 24.2 Å². The Balaban J connectivity index is 2.07. The van der Waals surface area contributed by atoms with E-state index in [4.69, 9.17) is 14.6 Å². The van der Waals surface area contributed by atoms with E-state index in [0.29, 0.717) is 25.3 Å². The summed E-state index contributed by atoms with van der Waals surface area (Å²) in [6.07, 6.45) is 0.538. The number of hydrogen-bond donors (Lipinski definition) is 1. The second-order valence-corrected chi connectivity index (χ2v) is 6.14. The fraction of sp³-hybridized carbons (Fsp3) is 0.529. The van der Waals surface area contributed by atoms with Crippen LogP contribution < -0.4 is 9.47 Å². The Morgan fingerprint density at radius 1 is 1.33 bits per heavy atom. The molecule has 0 spiro atoms. The molecule has 0 saturated heterocycles. The van der Waals surface area contributed by atoms with Gasteiger partial charge in [-0.05, 0) is 32.1 Å². The van der Waals surface area contributed by atoms with Gasteiger partial charge in [0, 0.05) is 19.2 Å². The first-order valence-corrected chi connectivity index (χ1v) is 7.85.